The number of nitrogens with one attached hydrogen (secondary N) is 1. The maximum atomic E-state index is 13.6. The van der Waals surface area contributed by atoms with Crippen molar-refractivity contribution in [3.8, 4) is 0 Å². The maximum Gasteiger partial charge on any atom is 0.340 e. The number of hydrogen-bond donors (Lipinski definition) is 1. The summed E-state index contributed by atoms with van der Waals surface area (Å²) in [5.41, 5.74) is -1.65. The molecule has 1 N–H and O–H groups in total. The first-order chi connectivity index (χ1) is 13.7. The fourth-order valence-electron chi connectivity index (χ4n) is 3.71. The fraction of sp³-hybridized carbons (Fsp3) is 0.208. The average Bonchev–Trinajstić information content (AvgIpc) is 2.93. The molecular formula is C24H21NO4. The van der Waals surface area contributed by atoms with Gasteiger partial charge in [-0.15, -0.1) is 0 Å². The standard InChI is InChI=1S/C24H21NO4/c1-23(2,3)25-22(28)24(29-21(27)16-9-5-4-6-10-16)18-14-8-12-15-11-7-13-17(19(15)18)20(24)26/h4-14H,1-3H3,(H,25,28). The van der Waals surface area contributed by atoms with Gasteiger partial charge in [0.15, 0.2) is 0 Å². The molecule has 1 atom stereocenters. The Labute approximate surface area is 168 Å². The van der Waals surface area contributed by atoms with Crippen LogP contribution in [0.3, 0.4) is 0 Å². The van der Waals surface area contributed by atoms with Gasteiger partial charge in [0, 0.05) is 22.1 Å². The second-order valence-electron chi connectivity index (χ2n) is 8.18. The van der Waals surface area contributed by atoms with Crippen LogP contribution < -0.4 is 5.32 Å². The van der Waals surface area contributed by atoms with Crippen molar-refractivity contribution in [3.05, 3.63) is 83.4 Å². The highest BCUT2D eigenvalue weighted by Gasteiger charge is 2.57. The molecule has 0 aliphatic heterocycles. The summed E-state index contributed by atoms with van der Waals surface area (Å²) in [6.07, 6.45) is 0. The van der Waals surface area contributed by atoms with Gasteiger partial charge in [-0.1, -0.05) is 54.6 Å². The molecule has 0 heterocycles. The van der Waals surface area contributed by atoms with Crippen molar-refractivity contribution in [1.82, 2.24) is 5.32 Å². The van der Waals surface area contributed by atoms with Gasteiger partial charge in [-0.2, -0.15) is 0 Å². The van der Waals surface area contributed by atoms with E-state index in [9.17, 15) is 14.4 Å². The molecule has 0 saturated heterocycles. The number of benzene rings is 3. The molecule has 4 rings (SSSR count). The summed E-state index contributed by atoms with van der Waals surface area (Å²) in [6.45, 7) is 5.43. The van der Waals surface area contributed by atoms with E-state index < -0.39 is 28.8 Å². The molecular weight excluding hydrogens is 366 g/mol. The van der Waals surface area contributed by atoms with E-state index in [4.69, 9.17) is 4.74 Å². The zero-order valence-corrected chi connectivity index (χ0v) is 16.5. The van der Waals surface area contributed by atoms with E-state index in [1.165, 1.54) is 0 Å². The second-order valence-corrected chi connectivity index (χ2v) is 8.18. The molecule has 0 fully saturated rings. The highest BCUT2D eigenvalue weighted by atomic mass is 16.6. The minimum Gasteiger partial charge on any atom is -0.432 e. The molecule has 1 aliphatic carbocycles. The van der Waals surface area contributed by atoms with E-state index in [2.05, 4.69) is 5.32 Å². The van der Waals surface area contributed by atoms with E-state index in [-0.39, 0.29) is 5.56 Å². The van der Waals surface area contributed by atoms with Crippen LogP contribution in [0.1, 0.15) is 47.1 Å². The Bertz CT molecular complexity index is 1140. The monoisotopic (exact) mass is 387 g/mol. The Kier molecular flexibility index (Phi) is 4.26. The minimum atomic E-state index is -2.07. The number of ether oxygens (including phenoxy) is 1. The van der Waals surface area contributed by atoms with Gasteiger partial charge in [0.2, 0.25) is 5.78 Å². The third kappa shape index (κ3) is 2.99. The summed E-state index contributed by atoms with van der Waals surface area (Å²) in [4.78, 5) is 40.0. The Morgan fingerprint density at radius 3 is 2.21 bits per heavy atom. The number of amides is 1. The second kappa shape index (κ2) is 6.55. The fourth-order valence-corrected chi connectivity index (χ4v) is 3.71. The largest absolute Gasteiger partial charge is 0.432 e. The van der Waals surface area contributed by atoms with Gasteiger partial charge in [-0.05, 0) is 38.3 Å². The van der Waals surface area contributed by atoms with E-state index in [0.717, 1.165) is 5.39 Å². The molecule has 0 spiro atoms. The lowest BCUT2D eigenvalue weighted by molar-refractivity contribution is -0.138. The first-order valence-electron chi connectivity index (χ1n) is 9.42. The summed E-state index contributed by atoms with van der Waals surface area (Å²) in [6, 6.07) is 18.9. The van der Waals surface area contributed by atoms with Gasteiger partial charge in [0.1, 0.15) is 0 Å². The van der Waals surface area contributed by atoms with Gasteiger partial charge in [-0.3, -0.25) is 9.59 Å². The molecule has 29 heavy (non-hydrogen) atoms. The maximum absolute atomic E-state index is 13.6. The van der Waals surface area contributed by atoms with Gasteiger partial charge in [0.05, 0.1) is 5.56 Å². The van der Waals surface area contributed by atoms with E-state index in [1.54, 1.807) is 54.6 Å². The zero-order valence-electron chi connectivity index (χ0n) is 16.5. The lowest BCUT2D eigenvalue weighted by atomic mass is 9.90. The number of carbonyl (C=O) groups excluding carboxylic acids is 3. The van der Waals surface area contributed by atoms with Crippen LogP contribution in [0, 0.1) is 0 Å². The quantitative estimate of drug-likeness (QED) is 0.545. The molecule has 1 amide bonds. The van der Waals surface area contributed by atoms with Gasteiger partial charge < -0.3 is 10.1 Å². The lowest BCUT2D eigenvalue weighted by Crippen LogP contribution is -2.55. The molecule has 5 nitrogen and oxygen atoms in total. The van der Waals surface area contributed by atoms with E-state index in [1.807, 2.05) is 32.9 Å². The molecule has 5 heteroatoms. The number of rotatable bonds is 3. The number of ketones is 1. The predicted molar refractivity (Wildman–Crippen MR) is 110 cm³/mol. The molecule has 0 saturated carbocycles. The number of hydrogen-bond acceptors (Lipinski definition) is 4. The third-order valence-electron chi connectivity index (χ3n) is 4.91. The normalized spacial score (nSPS) is 18.0. The first-order valence-corrected chi connectivity index (χ1v) is 9.42. The summed E-state index contributed by atoms with van der Waals surface area (Å²) in [5.74, 6) is -1.91. The number of esters is 1. The van der Waals surface area contributed by atoms with Crippen LogP contribution >= 0.6 is 0 Å². The van der Waals surface area contributed by atoms with Crippen molar-refractivity contribution in [1.29, 1.82) is 0 Å². The van der Waals surface area contributed by atoms with Crippen molar-refractivity contribution < 1.29 is 19.1 Å². The van der Waals surface area contributed by atoms with E-state index in [0.29, 0.717) is 16.5 Å². The Morgan fingerprint density at radius 2 is 1.55 bits per heavy atom. The summed E-state index contributed by atoms with van der Waals surface area (Å²) >= 11 is 0. The van der Waals surface area contributed by atoms with Crippen molar-refractivity contribution in [2.75, 3.05) is 0 Å². The average molecular weight is 387 g/mol. The van der Waals surface area contributed by atoms with Crippen molar-refractivity contribution >= 4 is 28.4 Å². The Balaban J connectivity index is 1.91. The van der Waals surface area contributed by atoms with Crippen LogP contribution in [-0.4, -0.2) is 23.2 Å². The first kappa shape index (κ1) is 18.9. The molecule has 146 valence electrons. The van der Waals surface area contributed by atoms with Crippen LogP contribution in [0.2, 0.25) is 0 Å². The van der Waals surface area contributed by atoms with Gasteiger partial charge in [-0.25, -0.2) is 4.79 Å². The zero-order chi connectivity index (χ0) is 20.8. The van der Waals surface area contributed by atoms with Gasteiger partial charge in [0.25, 0.3) is 11.5 Å². The van der Waals surface area contributed by atoms with Crippen LogP contribution in [0.15, 0.2) is 66.7 Å². The summed E-state index contributed by atoms with van der Waals surface area (Å²) in [5, 5.41) is 4.29. The lowest BCUT2D eigenvalue weighted by Gasteiger charge is -2.31. The van der Waals surface area contributed by atoms with Crippen LogP contribution in [-0.2, 0) is 15.1 Å². The van der Waals surface area contributed by atoms with Crippen LogP contribution in [0.25, 0.3) is 10.8 Å². The minimum absolute atomic E-state index is 0.270. The van der Waals surface area contributed by atoms with Crippen molar-refractivity contribution in [3.63, 3.8) is 0 Å². The molecule has 3 aromatic carbocycles. The Morgan fingerprint density at radius 1 is 0.897 bits per heavy atom. The summed E-state index contributed by atoms with van der Waals surface area (Å²) < 4.78 is 5.78. The number of carbonyl (C=O) groups is 3. The summed E-state index contributed by atoms with van der Waals surface area (Å²) in [7, 11) is 0. The molecule has 0 radical (unpaired) electrons. The molecule has 3 aromatic rings. The molecule has 0 bridgehead atoms. The molecule has 1 aliphatic rings. The molecule has 0 aromatic heterocycles. The third-order valence-corrected chi connectivity index (χ3v) is 4.91. The van der Waals surface area contributed by atoms with Crippen molar-refractivity contribution in [2.24, 2.45) is 0 Å². The van der Waals surface area contributed by atoms with Crippen molar-refractivity contribution in [2.45, 2.75) is 31.9 Å². The van der Waals surface area contributed by atoms with Crippen LogP contribution in [0.4, 0.5) is 0 Å². The highest BCUT2D eigenvalue weighted by molar-refractivity contribution is 6.29. The highest BCUT2D eigenvalue weighted by Crippen LogP contribution is 2.44. The predicted octanol–water partition coefficient (Wildman–Crippen LogP) is 4.00. The number of Topliss-reactive ketones (excluding diaryl/α,β-unsaturated/α-hetero) is 1. The van der Waals surface area contributed by atoms with Gasteiger partial charge >= 0.3 is 5.97 Å². The van der Waals surface area contributed by atoms with Crippen LogP contribution in [0.5, 0.6) is 0 Å². The van der Waals surface area contributed by atoms with E-state index >= 15 is 0 Å². The topological polar surface area (TPSA) is 72.5 Å². The molecule has 1 unspecified atom stereocenters. The smallest absolute Gasteiger partial charge is 0.340 e. The Hall–Kier alpha value is -3.47. The SMILES string of the molecule is CC(C)(C)NC(=O)C1(OC(=O)c2ccccc2)C(=O)c2cccc3cccc1c23.